The summed E-state index contributed by atoms with van der Waals surface area (Å²) in [5.41, 5.74) is 7.33. The molecule has 7 heteroatoms. The summed E-state index contributed by atoms with van der Waals surface area (Å²) in [7, 11) is 0. The number of thiophene rings is 1. The molecule has 0 spiro atoms. The lowest BCUT2D eigenvalue weighted by molar-refractivity contribution is -0.139. The van der Waals surface area contributed by atoms with Crippen LogP contribution >= 0.6 is 23.7 Å². The fourth-order valence-corrected chi connectivity index (χ4v) is 4.47. The van der Waals surface area contributed by atoms with Crippen molar-refractivity contribution in [3.05, 3.63) is 21.9 Å². The Morgan fingerprint density at radius 1 is 1.24 bits per heavy atom. The molecule has 0 bridgehead atoms. The molecule has 5 nitrogen and oxygen atoms in total. The summed E-state index contributed by atoms with van der Waals surface area (Å²) < 4.78 is 0. The fourth-order valence-electron chi connectivity index (χ4n) is 3.58. The normalized spacial score (nSPS) is 22.1. The number of nitrogens with two attached hydrogens (primary N) is 1. The van der Waals surface area contributed by atoms with Crippen molar-refractivity contribution in [3.8, 4) is 0 Å². The van der Waals surface area contributed by atoms with Crippen LogP contribution < -0.4 is 5.73 Å². The quantitative estimate of drug-likeness (QED) is 0.868. The molecule has 1 aromatic heterocycles. The first-order chi connectivity index (χ1) is 11.4. The molecule has 2 N–H and O–H groups in total. The van der Waals surface area contributed by atoms with Gasteiger partial charge in [-0.15, -0.1) is 23.7 Å². The number of carbonyl (C=O) groups excluding carboxylic acids is 2. The standard InChI is InChI=1S/C18H27N3O2S.ClH/c1-18(2)12-21(9-6-15(18)19)17(23)4-3-16(22)20-8-5-14-13(11-20)7-10-24-14;/h7,10,15H,3-6,8-9,11-12,19H2,1-2H3;1H. The van der Waals surface area contributed by atoms with E-state index in [-0.39, 0.29) is 35.7 Å². The van der Waals surface area contributed by atoms with E-state index in [2.05, 4.69) is 25.3 Å². The van der Waals surface area contributed by atoms with Gasteiger partial charge in [0, 0.05) is 49.9 Å². The maximum absolute atomic E-state index is 12.5. The number of piperidine rings is 1. The minimum Gasteiger partial charge on any atom is -0.342 e. The third-order valence-electron chi connectivity index (χ3n) is 5.38. The van der Waals surface area contributed by atoms with E-state index in [1.54, 1.807) is 11.3 Å². The van der Waals surface area contributed by atoms with Gasteiger partial charge < -0.3 is 15.5 Å². The predicted molar refractivity (Wildman–Crippen MR) is 103 cm³/mol. The van der Waals surface area contributed by atoms with Crippen LogP contribution in [0, 0.1) is 5.41 Å². The van der Waals surface area contributed by atoms with Gasteiger partial charge in [0.2, 0.25) is 11.8 Å². The van der Waals surface area contributed by atoms with E-state index >= 15 is 0 Å². The zero-order chi connectivity index (χ0) is 17.3. The molecule has 0 saturated carbocycles. The van der Waals surface area contributed by atoms with Crippen molar-refractivity contribution in [1.82, 2.24) is 9.80 Å². The summed E-state index contributed by atoms with van der Waals surface area (Å²) in [6.07, 6.45) is 2.38. The average Bonchev–Trinajstić information content (AvgIpc) is 3.02. The highest BCUT2D eigenvalue weighted by atomic mass is 35.5. The van der Waals surface area contributed by atoms with Crippen molar-refractivity contribution in [2.75, 3.05) is 19.6 Å². The summed E-state index contributed by atoms with van der Waals surface area (Å²) >= 11 is 1.77. The second kappa shape index (κ2) is 8.06. The third-order valence-corrected chi connectivity index (χ3v) is 6.40. The molecule has 1 unspecified atom stereocenters. The second-order valence-corrected chi connectivity index (χ2v) is 8.63. The number of carbonyl (C=O) groups is 2. The number of fused-ring (bicyclic) bond motifs is 1. The molecule has 1 fully saturated rings. The largest absolute Gasteiger partial charge is 0.342 e. The van der Waals surface area contributed by atoms with E-state index in [9.17, 15) is 9.59 Å². The number of halogens is 1. The summed E-state index contributed by atoms with van der Waals surface area (Å²) in [6.45, 7) is 7.06. The zero-order valence-corrected chi connectivity index (χ0v) is 16.6. The number of likely N-dealkylation sites (tertiary alicyclic amines) is 1. The summed E-state index contributed by atoms with van der Waals surface area (Å²) in [4.78, 5) is 30.0. The first-order valence-corrected chi connectivity index (χ1v) is 9.61. The van der Waals surface area contributed by atoms with Crippen molar-refractivity contribution >= 4 is 35.6 Å². The third kappa shape index (κ3) is 4.54. The first-order valence-electron chi connectivity index (χ1n) is 8.73. The van der Waals surface area contributed by atoms with Crippen LogP contribution in [-0.4, -0.2) is 47.3 Å². The van der Waals surface area contributed by atoms with Gasteiger partial charge in [0.1, 0.15) is 0 Å². The lowest BCUT2D eigenvalue weighted by Gasteiger charge is -2.42. The van der Waals surface area contributed by atoms with E-state index in [0.717, 1.165) is 19.4 Å². The minimum absolute atomic E-state index is 0. The van der Waals surface area contributed by atoms with Crippen LogP contribution in [0.25, 0.3) is 0 Å². The molecule has 2 amide bonds. The Morgan fingerprint density at radius 3 is 2.60 bits per heavy atom. The Morgan fingerprint density at radius 2 is 1.92 bits per heavy atom. The van der Waals surface area contributed by atoms with Crippen molar-refractivity contribution in [1.29, 1.82) is 0 Å². The van der Waals surface area contributed by atoms with Crippen LogP contribution in [0.1, 0.15) is 43.6 Å². The highest BCUT2D eigenvalue weighted by Gasteiger charge is 2.35. The Bertz CT molecular complexity index is 632. The highest BCUT2D eigenvalue weighted by molar-refractivity contribution is 7.10. The number of hydrogen-bond donors (Lipinski definition) is 1. The van der Waals surface area contributed by atoms with Crippen LogP contribution in [0.5, 0.6) is 0 Å². The first kappa shape index (κ1) is 20.2. The molecular formula is C18H28ClN3O2S. The number of amides is 2. The van der Waals surface area contributed by atoms with Crippen LogP contribution in [0.2, 0.25) is 0 Å². The summed E-state index contributed by atoms with van der Waals surface area (Å²) in [5, 5.41) is 2.09. The maximum atomic E-state index is 12.5. The molecule has 2 aliphatic heterocycles. The Labute approximate surface area is 160 Å². The predicted octanol–water partition coefficient (Wildman–Crippen LogP) is 2.42. The van der Waals surface area contributed by atoms with E-state index in [1.165, 1.54) is 10.4 Å². The lowest BCUT2D eigenvalue weighted by atomic mass is 9.79. The van der Waals surface area contributed by atoms with Gasteiger partial charge in [-0.1, -0.05) is 13.8 Å². The lowest BCUT2D eigenvalue weighted by Crippen LogP contribution is -2.54. The van der Waals surface area contributed by atoms with Crippen molar-refractivity contribution in [3.63, 3.8) is 0 Å². The average molecular weight is 386 g/mol. The van der Waals surface area contributed by atoms with E-state index in [4.69, 9.17) is 5.73 Å². The molecule has 2 aliphatic rings. The topological polar surface area (TPSA) is 66.6 Å². The van der Waals surface area contributed by atoms with Gasteiger partial charge in [-0.3, -0.25) is 9.59 Å². The van der Waals surface area contributed by atoms with Gasteiger partial charge in [0.05, 0.1) is 0 Å². The molecular weight excluding hydrogens is 358 g/mol. The maximum Gasteiger partial charge on any atom is 0.223 e. The van der Waals surface area contributed by atoms with Crippen molar-refractivity contribution < 1.29 is 9.59 Å². The number of hydrogen-bond acceptors (Lipinski definition) is 4. The molecule has 0 aromatic carbocycles. The van der Waals surface area contributed by atoms with Gasteiger partial charge in [-0.2, -0.15) is 0 Å². The van der Waals surface area contributed by atoms with E-state index in [1.807, 2.05) is 9.80 Å². The summed E-state index contributed by atoms with van der Waals surface area (Å²) in [5.74, 6) is 0.171. The molecule has 3 rings (SSSR count). The molecule has 1 saturated heterocycles. The molecule has 0 radical (unpaired) electrons. The van der Waals surface area contributed by atoms with Gasteiger partial charge in [0.15, 0.2) is 0 Å². The van der Waals surface area contributed by atoms with Crippen LogP contribution in [-0.2, 0) is 22.6 Å². The van der Waals surface area contributed by atoms with Crippen molar-refractivity contribution in [2.24, 2.45) is 11.1 Å². The molecule has 140 valence electrons. The number of rotatable bonds is 3. The molecule has 25 heavy (non-hydrogen) atoms. The minimum atomic E-state index is -0.0554. The Kier molecular flexibility index (Phi) is 6.51. The van der Waals surface area contributed by atoms with Gasteiger partial charge >= 0.3 is 0 Å². The second-order valence-electron chi connectivity index (χ2n) is 7.63. The Balaban J connectivity index is 0.00000225. The summed E-state index contributed by atoms with van der Waals surface area (Å²) in [6, 6.07) is 2.24. The monoisotopic (exact) mass is 385 g/mol. The van der Waals surface area contributed by atoms with Crippen LogP contribution in [0.15, 0.2) is 11.4 Å². The van der Waals surface area contributed by atoms with E-state index < -0.39 is 0 Å². The zero-order valence-electron chi connectivity index (χ0n) is 15.0. The Hall–Kier alpha value is -1.11. The molecule has 3 heterocycles. The SMILES string of the molecule is CC1(C)CN(C(=O)CCC(=O)N2CCc3sccc3C2)CCC1N.Cl. The highest BCUT2D eigenvalue weighted by Crippen LogP contribution is 2.28. The van der Waals surface area contributed by atoms with E-state index in [0.29, 0.717) is 32.5 Å². The number of nitrogens with zero attached hydrogens (tertiary/aromatic N) is 2. The van der Waals surface area contributed by atoms with Gasteiger partial charge in [0.25, 0.3) is 0 Å². The smallest absolute Gasteiger partial charge is 0.223 e. The fraction of sp³-hybridized carbons (Fsp3) is 0.667. The van der Waals surface area contributed by atoms with Crippen molar-refractivity contribution in [2.45, 2.75) is 52.1 Å². The van der Waals surface area contributed by atoms with Crippen LogP contribution in [0.4, 0.5) is 0 Å². The molecule has 1 aromatic rings. The molecule has 0 aliphatic carbocycles. The van der Waals surface area contributed by atoms with Crippen LogP contribution in [0.3, 0.4) is 0 Å². The van der Waals surface area contributed by atoms with Gasteiger partial charge in [-0.05, 0) is 35.3 Å². The molecule has 1 atom stereocenters. The van der Waals surface area contributed by atoms with Gasteiger partial charge in [-0.25, -0.2) is 0 Å².